The highest BCUT2D eigenvalue weighted by Crippen LogP contribution is 2.31. The molecule has 3 unspecified atom stereocenters. The van der Waals surface area contributed by atoms with Gasteiger partial charge in [0.1, 0.15) is 10.7 Å². The SMILES string of the molecule is CC1=C(C(=O)NC2CCC(Cl)C(C(=O)OC(C)C)C2)SCCO1. The van der Waals surface area contributed by atoms with Crippen molar-refractivity contribution in [2.45, 2.75) is 57.6 Å². The molecule has 23 heavy (non-hydrogen) atoms. The molecule has 1 amide bonds. The summed E-state index contributed by atoms with van der Waals surface area (Å²) in [7, 11) is 0. The van der Waals surface area contributed by atoms with E-state index in [9.17, 15) is 9.59 Å². The summed E-state index contributed by atoms with van der Waals surface area (Å²) in [5.74, 6) is 0.674. The van der Waals surface area contributed by atoms with Gasteiger partial charge in [0.25, 0.3) is 5.91 Å². The zero-order valence-electron chi connectivity index (χ0n) is 13.8. The Hall–Kier alpha value is -0.880. The van der Waals surface area contributed by atoms with Crippen LogP contribution in [-0.2, 0) is 19.1 Å². The first kappa shape index (κ1) is 18.5. The normalized spacial score (nSPS) is 28.3. The van der Waals surface area contributed by atoms with E-state index >= 15 is 0 Å². The predicted molar refractivity (Wildman–Crippen MR) is 91.3 cm³/mol. The first-order valence-corrected chi connectivity index (χ1v) is 9.42. The Morgan fingerprint density at radius 2 is 2.13 bits per heavy atom. The van der Waals surface area contributed by atoms with Crippen LogP contribution < -0.4 is 5.32 Å². The van der Waals surface area contributed by atoms with Gasteiger partial charge in [-0.15, -0.1) is 23.4 Å². The van der Waals surface area contributed by atoms with Gasteiger partial charge in [-0.25, -0.2) is 0 Å². The van der Waals surface area contributed by atoms with E-state index in [0.29, 0.717) is 30.1 Å². The largest absolute Gasteiger partial charge is 0.496 e. The average molecular weight is 362 g/mol. The van der Waals surface area contributed by atoms with Crippen molar-refractivity contribution < 1.29 is 19.1 Å². The number of hydrogen-bond donors (Lipinski definition) is 1. The third-order valence-corrected chi connectivity index (χ3v) is 5.58. The van der Waals surface area contributed by atoms with Crippen LogP contribution in [0.1, 0.15) is 40.0 Å². The Kier molecular flexibility index (Phi) is 6.65. The molecule has 2 aliphatic rings. The zero-order valence-corrected chi connectivity index (χ0v) is 15.3. The summed E-state index contributed by atoms with van der Waals surface area (Å²) < 4.78 is 10.7. The lowest BCUT2D eigenvalue weighted by atomic mass is 9.85. The summed E-state index contributed by atoms with van der Waals surface area (Å²) in [4.78, 5) is 25.2. The molecule has 1 aliphatic heterocycles. The molecule has 1 saturated carbocycles. The fourth-order valence-electron chi connectivity index (χ4n) is 2.81. The second-order valence-corrected chi connectivity index (χ2v) is 7.84. The molecule has 1 N–H and O–H groups in total. The molecule has 1 fully saturated rings. The van der Waals surface area contributed by atoms with Gasteiger partial charge in [-0.05, 0) is 40.0 Å². The van der Waals surface area contributed by atoms with Crippen LogP contribution in [0.3, 0.4) is 0 Å². The van der Waals surface area contributed by atoms with E-state index in [1.165, 1.54) is 11.8 Å². The van der Waals surface area contributed by atoms with Crippen LogP contribution in [0, 0.1) is 5.92 Å². The van der Waals surface area contributed by atoms with Gasteiger partial charge in [0, 0.05) is 17.2 Å². The maximum Gasteiger partial charge on any atom is 0.310 e. The monoisotopic (exact) mass is 361 g/mol. The molecular weight excluding hydrogens is 338 g/mol. The van der Waals surface area contributed by atoms with Crippen molar-refractivity contribution in [1.82, 2.24) is 5.32 Å². The fourth-order valence-corrected chi connectivity index (χ4v) is 3.97. The van der Waals surface area contributed by atoms with Crippen molar-refractivity contribution in [3.63, 3.8) is 0 Å². The van der Waals surface area contributed by atoms with Crippen molar-refractivity contribution in [2.75, 3.05) is 12.4 Å². The van der Waals surface area contributed by atoms with E-state index < -0.39 is 0 Å². The summed E-state index contributed by atoms with van der Waals surface area (Å²) in [6.45, 7) is 6.07. The first-order valence-electron chi connectivity index (χ1n) is 8.00. The third kappa shape index (κ3) is 5.05. The second-order valence-electron chi connectivity index (χ2n) is 6.17. The van der Waals surface area contributed by atoms with Crippen LogP contribution in [-0.4, -0.2) is 41.8 Å². The molecule has 0 radical (unpaired) electrons. The highest BCUT2D eigenvalue weighted by molar-refractivity contribution is 8.04. The third-order valence-electron chi connectivity index (χ3n) is 3.93. The summed E-state index contributed by atoms with van der Waals surface area (Å²) >= 11 is 7.80. The van der Waals surface area contributed by atoms with Crippen molar-refractivity contribution in [1.29, 1.82) is 0 Å². The van der Waals surface area contributed by atoms with Crippen LogP contribution in [0.25, 0.3) is 0 Å². The van der Waals surface area contributed by atoms with E-state index in [4.69, 9.17) is 21.1 Å². The molecule has 2 rings (SSSR count). The van der Waals surface area contributed by atoms with E-state index in [2.05, 4.69) is 5.32 Å². The summed E-state index contributed by atoms with van der Waals surface area (Å²) in [5, 5.41) is 2.78. The van der Waals surface area contributed by atoms with Crippen LogP contribution in [0.4, 0.5) is 0 Å². The van der Waals surface area contributed by atoms with Gasteiger partial charge in [0.15, 0.2) is 0 Å². The molecule has 1 heterocycles. The van der Waals surface area contributed by atoms with Gasteiger partial charge in [0.2, 0.25) is 0 Å². The number of allylic oxidation sites excluding steroid dienone is 1. The molecule has 0 aromatic heterocycles. The van der Waals surface area contributed by atoms with Crippen molar-refractivity contribution in [3.8, 4) is 0 Å². The first-order chi connectivity index (χ1) is 10.9. The lowest BCUT2D eigenvalue weighted by molar-refractivity contribution is -0.153. The van der Waals surface area contributed by atoms with Crippen LogP contribution in [0.2, 0.25) is 0 Å². The van der Waals surface area contributed by atoms with E-state index in [0.717, 1.165) is 12.2 Å². The number of rotatable bonds is 4. The van der Waals surface area contributed by atoms with Gasteiger partial charge in [-0.1, -0.05) is 0 Å². The van der Waals surface area contributed by atoms with Crippen molar-refractivity contribution in [3.05, 3.63) is 10.7 Å². The number of hydrogen-bond acceptors (Lipinski definition) is 5. The smallest absolute Gasteiger partial charge is 0.310 e. The van der Waals surface area contributed by atoms with Gasteiger partial charge in [-0.2, -0.15) is 0 Å². The number of alkyl halides is 1. The molecular formula is C16H24ClNO4S. The van der Waals surface area contributed by atoms with Gasteiger partial charge >= 0.3 is 5.97 Å². The maximum atomic E-state index is 12.4. The minimum atomic E-state index is -0.372. The number of carbonyl (C=O) groups excluding carboxylic acids is 2. The predicted octanol–water partition coefficient (Wildman–Crippen LogP) is 2.83. The Morgan fingerprint density at radius 1 is 1.39 bits per heavy atom. The number of ether oxygens (including phenoxy) is 2. The van der Waals surface area contributed by atoms with Gasteiger partial charge < -0.3 is 14.8 Å². The summed E-state index contributed by atoms with van der Waals surface area (Å²) in [6.07, 6.45) is 1.81. The molecule has 1 aliphatic carbocycles. The van der Waals surface area contributed by atoms with E-state index in [1.807, 2.05) is 13.8 Å². The minimum Gasteiger partial charge on any atom is -0.496 e. The van der Waals surface area contributed by atoms with E-state index in [-0.39, 0.29) is 35.3 Å². The van der Waals surface area contributed by atoms with Crippen LogP contribution in [0.15, 0.2) is 10.7 Å². The lowest BCUT2D eigenvalue weighted by Gasteiger charge is -2.32. The Morgan fingerprint density at radius 3 is 2.78 bits per heavy atom. The van der Waals surface area contributed by atoms with Gasteiger partial charge in [0.05, 0.1) is 18.6 Å². The number of halogens is 1. The minimum absolute atomic E-state index is 0.0648. The molecule has 0 aromatic carbocycles. The molecule has 0 spiro atoms. The zero-order chi connectivity index (χ0) is 17.0. The standard InChI is InChI=1S/C16H24ClNO4S/c1-9(2)22-16(20)12-8-11(4-5-13(12)17)18-15(19)14-10(3)21-6-7-23-14/h9,11-13H,4-8H2,1-3H3,(H,18,19). The topological polar surface area (TPSA) is 64.6 Å². The average Bonchev–Trinajstić information content (AvgIpc) is 2.48. The van der Waals surface area contributed by atoms with E-state index in [1.54, 1.807) is 6.92 Å². The van der Waals surface area contributed by atoms with Crippen molar-refractivity contribution in [2.24, 2.45) is 5.92 Å². The maximum absolute atomic E-state index is 12.4. The lowest BCUT2D eigenvalue weighted by Crippen LogP contribution is -2.44. The molecule has 7 heteroatoms. The fraction of sp³-hybridized carbons (Fsp3) is 0.750. The Labute approximate surface area is 146 Å². The number of nitrogens with one attached hydrogen (secondary N) is 1. The van der Waals surface area contributed by atoms with Crippen LogP contribution >= 0.6 is 23.4 Å². The highest BCUT2D eigenvalue weighted by Gasteiger charge is 2.36. The second kappa shape index (κ2) is 8.29. The molecule has 3 atom stereocenters. The molecule has 5 nitrogen and oxygen atoms in total. The Balaban J connectivity index is 1.95. The number of amides is 1. The molecule has 130 valence electrons. The number of esters is 1. The summed E-state index contributed by atoms with van der Waals surface area (Å²) in [6, 6.07) is -0.0648. The number of carbonyl (C=O) groups is 2. The van der Waals surface area contributed by atoms with Gasteiger partial charge in [-0.3, -0.25) is 9.59 Å². The van der Waals surface area contributed by atoms with Crippen LogP contribution in [0.5, 0.6) is 0 Å². The highest BCUT2D eigenvalue weighted by atomic mass is 35.5. The number of thioether (sulfide) groups is 1. The molecule has 0 saturated heterocycles. The quantitative estimate of drug-likeness (QED) is 0.616. The van der Waals surface area contributed by atoms with Crippen molar-refractivity contribution >= 4 is 35.2 Å². The summed E-state index contributed by atoms with van der Waals surface area (Å²) in [5.41, 5.74) is 0. The Bertz CT molecular complexity index is 494. The molecule has 0 aromatic rings. The molecule has 0 bridgehead atoms.